The Hall–Kier alpha value is -2.84. The van der Waals surface area contributed by atoms with Gasteiger partial charge in [0.05, 0.1) is 25.9 Å². The molecule has 0 saturated carbocycles. The number of rotatable bonds is 9. The Morgan fingerprint density at radius 2 is 1.59 bits per heavy atom. The van der Waals surface area contributed by atoms with Gasteiger partial charge in [-0.15, -0.1) is 0 Å². The molecule has 6 nitrogen and oxygen atoms in total. The van der Waals surface area contributed by atoms with Crippen LogP contribution in [-0.2, 0) is 32.2 Å². The molecule has 2 aromatic carbocycles. The maximum Gasteiger partial charge on any atom is 0.361 e. The van der Waals surface area contributed by atoms with Gasteiger partial charge in [0, 0.05) is 12.6 Å². The number of ether oxygens (including phenoxy) is 3. The van der Waals surface area contributed by atoms with Crippen molar-refractivity contribution in [2.75, 3.05) is 6.61 Å². The van der Waals surface area contributed by atoms with E-state index in [-0.39, 0.29) is 12.2 Å². The second-order valence-corrected chi connectivity index (χ2v) is 7.93. The minimum Gasteiger partial charge on any atom is -0.374 e. The molecule has 0 bridgehead atoms. The molecule has 4 rings (SSSR count). The molecule has 0 aliphatic carbocycles. The second kappa shape index (κ2) is 11.2. The molecule has 3 atom stereocenters. The molecule has 166 valence electrons. The minimum absolute atomic E-state index is 0.299. The Bertz CT molecular complexity index is 1060. The highest BCUT2D eigenvalue weighted by Crippen LogP contribution is 2.26. The highest BCUT2D eigenvalue weighted by atomic mass is 32.1. The number of nitrogens with zero attached hydrogens (tertiary/aromatic N) is 1. The number of hydrogen-bond donors (Lipinski definition) is 0. The van der Waals surface area contributed by atoms with Crippen molar-refractivity contribution in [3.8, 4) is 0 Å². The monoisotopic (exact) mass is 451 g/mol. The van der Waals surface area contributed by atoms with E-state index in [1.54, 1.807) is 24.4 Å². The zero-order valence-corrected chi connectivity index (χ0v) is 18.4. The zero-order chi connectivity index (χ0) is 22.2. The van der Waals surface area contributed by atoms with Gasteiger partial charge in [0.2, 0.25) is 0 Å². The van der Waals surface area contributed by atoms with Crippen LogP contribution in [-0.4, -0.2) is 35.6 Å². The summed E-state index contributed by atoms with van der Waals surface area (Å²) in [6, 6.07) is 25.0. The normalized spacial score (nSPS) is 20.2. The SMILES string of the molecule is O=C(On1ccccc1=S)[C@H]1C[C@H](OCc2ccccc2)[C@@H](COCc2ccccc2)O1. The number of pyridine rings is 1. The van der Waals surface area contributed by atoms with Crippen molar-refractivity contribution in [3.63, 3.8) is 0 Å². The van der Waals surface area contributed by atoms with Crippen molar-refractivity contribution in [1.82, 2.24) is 4.73 Å². The quantitative estimate of drug-likeness (QED) is 0.456. The lowest BCUT2D eigenvalue weighted by Gasteiger charge is -2.19. The molecule has 0 N–H and O–H groups in total. The largest absolute Gasteiger partial charge is 0.374 e. The third-order valence-corrected chi connectivity index (χ3v) is 5.46. The summed E-state index contributed by atoms with van der Waals surface area (Å²) in [5.74, 6) is -0.508. The number of hydrogen-bond acceptors (Lipinski definition) is 6. The third-order valence-electron chi connectivity index (χ3n) is 5.14. The molecule has 7 heteroatoms. The van der Waals surface area contributed by atoms with Crippen LogP contribution in [0.4, 0.5) is 0 Å². The van der Waals surface area contributed by atoms with Gasteiger partial charge >= 0.3 is 5.97 Å². The molecule has 0 amide bonds. The molecule has 2 heterocycles. The molecule has 1 aliphatic heterocycles. The Morgan fingerprint density at radius 3 is 2.28 bits per heavy atom. The van der Waals surface area contributed by atoms with Crippen LogP contribution < -0.4 is 4.84 Å². The molecule has 1 aliphatic rings. The molecule has 0 radical (unpaired) electrons. The maximum absolute atomic E-state index is 12.7. The minimum atomic E-state index is -0.761. The fourth-order valence-corrected chi connectivity index (χ4v) is 3.66. The molecule has 1 saturated heterocycles. The van der Waals surface area contributed by atoms with Gasteiger partial charge in [-0.25, -0.2) is 4.79 Å². The van der Waals surface area contributed by atoms with Crippen LogP contribution in [0, 0.1) is 4.64 Å². The zero-order valence-electron chi connectivity index (χ0n) is 17.5. The Kier molecular flexibility index (Phi) is 7.79. The van der Waals surface area contributed by atoms with E-state index in [1.165, 1.54) is 4.73 Å². The summed E-state index contributed by atoms with van der Waals surface area (Å²) in [7, 11) is 0. The molecular formula is C25H25NO5S. The van der Waals surface area contributed by atoms with Crippen LogP contribution in [0.2, 0.25) is 0 Å². The van der Waals surface area contributed by atoms with E-state index in [1.807, 2.05) is 60.7 Å². The van der Waals surface area contributed by atoms with Gasteiger partial charge in [-0.1, -0.05) is 78.9 Å². The first-order valence-electron chi connectivity index (χ1n) is 10.5. The smallest absolute Gasteiger partial charge is 0.361 e. The lowest BCUT2D eigenvalue weighted by molar-refractivity contribution is -0.158. The molecule has 1 fully saturated rings. The van der Waals surface area contributed by atoms with Gasteiger partial charge in [0.15, 0.2) is 6.10 Å². The van der Waals surface area contributed by atoms with Crippen molar-refractivity contribution in [3.05, 3.63) is 101 Å². The van der Waals surface area contributed by atoms with E-state index in [2.05, 4.69) is 0 Å². The molecule has 3 aromatic rings. The van der Waals surface area contributed by atoms with Crippen molar-refractivity contribution < 1.29 is 23.8 Å². The Labute approximate surface area is 192 Å². The van der Waals surface area contributed by atoms with E-state index in [0.717, 1.165) is 11.1 Å². The summed E-state index contributed by atoms with van der Waals surface area (Å²) in [5.41, 5.74) is 2.12. The van der Waals surface area contributed by atoms with Crippen molar-refractivity contribution in [1.29, 1.82) is 0 Å². The standard InChI is InChI=1S/C25H25NO5S/c27-25(31-26-14-8-7-13-24(26)32)22-15-21(29-17-20-11-5-2-6-12-20)23(30-22)18-28-16-19-9-3-1-4-10-19/h1-14,21-23H,15-18H2/t21-,22+,23+/m0/s1. The van der Waals surface area contributed by atoms with Crippen LogP contribution in [0.15, 0.2) is 85.1 Å². The average molecular weight is 452 g/mol. The van der Waals surface area contributed by atoms with Crippen molar-refractivity contribution in [2.24, 2.45) is 0 Å². The lowest BCUT2D eigenvalue weighted by atomic mass is 10.1. The van der Waals surface area contributed by atoms with E-state index < -0.39 is 12.1 Å². The van der Waals surface area contributed by atoms with Gasteiger partial charge in [-0.2, -0.15) is 4.73 Å². The lowest BCUT2D eigenvalue weighted by Crippen LogP contribution is -2.32. The molecule has 1 aromatic heterocycles. The fourth-order valence-electron chi connectivity index (χ4n) is 3.48. The molecule has 0 spiro atoms. The summed E-state index contributed by atoms with van der Waals surface area (Å²) in [5, 5.41) is 0. The first-order chi connectivity index (χ1) is 15.7. The Balaban J connectivity index is 1.38. The van der Waals surface area contributed by atoms with Gasteiger partial charge in [0.25, 0.3) is 0 Å². The van der Waals surface area contributed by atoms with E-state index in [0.29, 0.717) is 30.9 Å². The Morgan fingerprint density at radius 1 is 0.938 bits per heavy atom. The van der Waals surface area contributed by atoms with Crippen LogP contribution in [0.3, 0.4) is 0 Å². The summed E-state index contributed by atoms with van der Waals surface area (Å²) < 4.78 is 19.7. The predicted molar refractivity (Wildman–Crippen MR) is 121 cm³/mol. The highest BCUT2D eigenvalue weighted by Gasteiger charge is 2.41. The number of carbonyl (C=O) groups is 1. The van der Waals surface area contributed by atoms with Crippen LogP contribution in [0.5, 0.6) is 0 Å². The number of carbonyl (C=O) groups excluding carboxylic acids is 1. The summed E-state index contributed by atoms with van der Waals surface area (Å²) in [6.07, 6.45) is 0.531. The van der Waals surface area contributed by atoms with Crippen molar-refractivity contribution in [2.45, 2.75) is 37.9 Å². The second-order valence-electron chi connectivity index (χ2n) is 7.51. The molecular weight excluding hydrogens is 426 g/mol. The average Bonchev–Trinajstić information content (AvgIpc) is 3.24. The van der Waals surface area contributed by atoms with Gasteiger partial charge < -0.3 is 19.0 Å². The van der Waals surface area contributed by atoms with Crippen LogP contribution in [0.25, 0.3) is 0 Å². The first kappa shape index (κ1) is 22.4. The fraction of sp³-hybridized carbons (Fsp3) is 0.280. The van der Waals surface area contributed by atoms with E-state index in [4.69, 9.17) is 31.3 Å². The van der Waals surface area contributed by atoms with Gasteiger partial charge in [-0.3, -0.25) is 0 Å². The summed E-state index contributed by atoms with van der Waals surface area (Å²) >= 11 is 5.19. The summed E-state index contributed by atoms with van der Waals surface area (Å²) in [6.45, 7) is 1.19. The molecule has 32 heavy (non-hydrogen) atoms. The molecule has 0 unspecified atom stereocenters. The third kappa shape index (κ3) is 6.11. The van der Waals surface area contributed by atoms with Crippen LogP contribution in [0.1, 0.15) is 17.5 Å². The van der Waals surface area contributed by atoms with Crippen LogP contribution >= 0.6 is 12.2 Å². The maximum atomic E-state index is 12.7. The van der Waals surface area contributed by atoms with Gasteiger partial charge in [-0.05, 0) is 23.3 Å². The highest BCUT2D eigenvalue weighted by molar-refractivity contribution is 7.71. The van der Waals surface area contributed by atoms with E-state index >= 15 is 0 Å². The number of aromatic nitrogens is 1. The first-order valence-corrected chi connectivity index (χ1v) is 10.9. The van der Waals surface area contributed by atoms with Gasteiger partial charge in [0.1, 0.15) is 10.7 Å². The topological polar surface area (TPSA) is 58.9 Å². The number of benzene rings is 2. The summed E-state index contributed by atoms with van der Waals surface area (Å²) in [4.78, 5) is 18.1. The van der Waals surface area contributed by atoms with Crippen molar-refractivity contribution >= 4 is 18.2 Å². The predicted octanol–water partition coefficient (Wildman–Crippen LogP) is 4.13. The van der Waals surface area contributed by atoms with E-state index in [9.17, 15) is 4.79 Å².